The highest BCUT2D eigenvalue weighted by Crippen LogP contribution is 2.14. The van der Waals surface area contributed by atoms with Gasteiger partial charge in [0.05, 0.1) is 19.5 Å². The molecular formula is C17H23N5O2. The van der Waals surface area contributed by atoms with Crippen LogP contribution in [0.4, 0.5) is 0 Å². The van der Waals surface area contributed by atoms with E-state index in [1.54, 1.807) is 18.9 Å². The monoisotopic (exact) mass is 329 g/mol. The van der Waals surface area contributed by atoms with Crippen LogP contribution in [-0.2, 0) is 22.5 Å². The second-order valence-corrected chi connectivity index (χ2v) is 6.19. The van der Waals surface area contributed by atoms with E-state index in [-0.39, 0.29) is 11.8 Å². The molecule has 7 nitrogen and oxygen atoms in total. The highest BCUT2D eigenvalue weighted by atomic mass is 16.5. The molecule has 0 unspecified atom stereocenters. The van der Waals surface area contributed by atoms with Crippen LogP contribution in [0.15, 0.2) is 31.1 Å². The van der Waals surface area contributed by atoms with Crippen molar-refractivity contribution in [2.75, 3.05) is 26.3 Å². The van der Waals surface area contributed by atoms with E-state index < -0.39 is 0 Å². The van der Waals surface area contributed by atoms with Gasteiger partial charge in [-0.1, -0.05) is 0 Å². The third kappa shape index (κ3) is 4.61. The van der Waals surface area contributed by atoms with Crippen molar-refractivity contribution >= 4 is 5.91 Å². The molecule has 0 aromatic carbocycles. The van der Waals surface area contributed by atoms with E-state index in [0.717, 1.165) is 17.8 Å². The van der Waals surface area contributed by atoms with Crippen LogP contribution in [0.3, 0.4) is 0 Å². The van der Waals surface area contributed by atoms with Gasteiger partial charge in [0.2, 0.25) is 5.91 Å². The number of hydrogen-bond acceptors (Lipinski definition) is 5. The Morgan fingerprint density at radius 3 is 3.12 bits per heavy atom. The molecule has 0 spiro atoms. The zero-order valence-corrected chi connectivity index (χ0v) is 14.0. The van der Waals surface area contributed by atoms with Crippen LogP contribution in [0.5, 0.6) is 0 Å². The summed E-state index contributed by atoms with van der Waals surface area (Å²) in [6, 6.07) is 2.00. The minimum Gasteiger partial charge on any atom is -0.379 e. The molecular weight excluding hydrogens is 306 g/mol. The molecule has 3 heterocycles. The fourth-order valence-corrected chi connectivity index (χ4v) is 2.95. The van der Waals surface area contributed by atoms with Gasteiger partial charge in [0, 0.05) is 55.8 Å². The summed E-state index contributed by atoms with van der Waals surface area (Å²) in [6.07, 6.45) is 8.21. The second-order valence-electron chi connectivity index (χ2n) is 6.19. The molecule has 1 aliphatic rings. The van der Waals surface area contributed by atoms with Crippen molar-refractivity contribution in [1.82, 2.24) is 24.4 Å². The van der Waals surface area contributed by atoms with Crippen molar-refractivity contribution in [3.63, 3.8) is 0 Å². The van der Waals surface area contributed by atoms with E-state index in [2.05, 4.69) is 15.0 Å². The number of amides is 1. The maximum absolute atomic E-state index is 12.5. The Balaban J connectivity index is 1.56. The molecule has 1 aliphatic heterocycles. The second kappa shape index (κ2) is 8.01. The molecule has 1 amide bonds. The van der Waals surface area contributed by atoms with E-state index in [4.69, 9.17) is 4.74 Å². The lowest BCUT2D eigenvalue weighted by Crippen LogP contribution is -2.36. The molecule has 128 valence electrons. The number of imidazole rings is 1. The summed E-state index contributed by atoms with van der Waals surface area (Å²) < 4.78 is 7.61. The van der Waals surface area contributed by atoms with Crippen LogP contribution in [-0.4, -0.2) is 56.6 Å². The highest BCUT2D eigenvalue weighted by molar-refractivity contribution is 5.76. The van der Waals surface area contributed by atoms with Gasteiger partial charge in [0.1, 0.15) is 6.33 Å². The minimum atomic E-state index is 0.165. The molecule has 1 fully saturated rings. The summed E-state index contributed by atoms with van der Waals surface area (Å²) in [4.78, 5) is 26.9. The maximum atomic E-state index is 12.5. The lowest BCUT2D eigenvalue weighted by Gasteiger charge is -2.23. The SMILES string of the molecule is Cc1cc(C[C@@H]2COCCN(C(=O)CCn3ccnc3)C2)ncn1. The molecule has 0 bridgehead atoms. The molecule has 0 aliphatic carbocycles. The Bertz CT molecular complexity index is 659. The van der Waals surface area contributed by atoms with Gasteiger partial charge in [-0.15, -0.1) is 0 Å². The van der Waals surface area contributed by atoms with Gasteiger partial charge in [-0.3, -0.25) is 4.79 Å². The summed E-state index contributed by atoms with van der Waals surface area (Å²) in [6.45, 7) is 5.24. The van der Waals surface area contributed by atoms with Crippen molar-refractivity contribution in [2.45, 2.75) is 26.3 Å². The average molecular weight is 329 g/mol. The predicted molar refractivity (Wildman–Crippen MR) is 88.2 cm³/mol. The number of nitrogens with zero attached hydrogens (tertiary/aromatic N) is 5. The van der Waals surface area contributed by atoms with Crippen molar-refractivity contribution in [3.05, 3.63) is 42.5 Å². The number of carbonyl (C=O) groups is 1. The maximum Gasteiger partial charge on any atom is 0.224 e. The van der Waals surface area contributed by atoms with Gasteiger partial charge in [-0.05, 0) is 19.4 Å². The standard InChI is InChI=1S/C17H23N5O2/c1-14-8-16(20-12-19-14)9-15-10-22(6-7-24-11-15)17(23)2-4-21-5-3-18-13-21/h3,5,8,12-13,15H,2,4,6-7,9-11H2,1H3/t15-/m0/s1. The van der Waals surface area contributed by atoms with Crippen LogP contribution >= 0.6 is 0 Å². The van der Waals surface area contributed by atoms with Crippen molar-refractivity contribution < 1.29 is 9.53 Å². The topological polar surface area (TPSA) is 73.1 Å². The summed E-state index contributed by atoms with van der Waals surface area (Å²) in [5.41, 5.74) is 1.96. The largest absolute Gasteiger partial charge is 0.379 e. The minimum absolute atomic E-state index is 0.165. The van der Waals surface area contributed by atoms with Gasteiger partial charge in [-0.2, -0.15) is 0 Å². The summed E-state index contributed by atoms with van der Waals surface area (Å²) in [7, 11) is 0. The van der Waals surface area contributed by atoms with Gasteiger partial charge < -0.3 is 14.2 Å². The van der Waals surface area contributed by atoms with Gasteiger partial charge in [0.15, 0.2) is 0 Å². The van der Waals surface area contributed by atoms with Gasteiger partial charge in [-0.25, -0.2) is 15.0 Å². The summed E-state index contributed by atoms with van der Waals surface area (Å²) >= 11 is 0. The predicted octanol–water partition coefficient (Wildman–Crippen LogP) is 1.09. The summed E-state index contributed by atoms with van der Waals surface area (Å²) in [5, 5.41) is 0. The molecule has 0 radical (unpaired) electrons. The quantitative estimate of drug-likeness (QED) is 0.821. The lowest BCUT2D eigenvalue weighted by molar-refractivity contribution is -0.131. The normalized spacial score (nSPS) is 18.4. The van der Waals surface area contributed by atoms with Gasteiger partial charge in [0.25, 0.3) is 0 Å². The number of carbonyl (C=O) groups excluding carboxylic acids is 1. The molecule has 2 aromatic heterocycles. The number of hydrogen-bond donors (Lipinski definition) is 0. The zero-order chi connectivity index (χ0) is 16.8. The average Bonchev–Trinajstić information content (AvgIpc) is 2.98. The number of ether oxygens (including phenoxy) is 1. The van der Waals surface area contributed by atoms with Crippen LogP contribution in [0.2, 0.25) is 0 Å². The van der Waals surface area contributed by atoms with Crippen LogP contribution in [0.25, 0.3) is 0 Å². The first kappa shape index (κ1) is 16.6. The van der Waals surface area contributed by atoms with E-state index in [9.17, 15) is 4.79 Å². The van der Waals surface area contributed by atoms with E-state index in [1.807, 2.05) is 28.7 Å². The van der Waals surface area contributed by atoms with Crippen LogP contribution in [0, 0.1) is 12.8 Å². The van der Waals surface area contributed by atoms with Gasteiger partial charge >= 0.3 is 0 Å². The molecule has 1 saturated heterocycles. The third-order valence-electron chi connectivity index (χ3n) is 4.19. The first-order valence-electron chi connectivity index (χ1n) is 8.29. The smallest absolute Gasteiger partial charge is 0.224 e. The fourth-order valence-electron chi connectivity index (χ4n) is 2.95. The Morgan fingerprint density at radius 1 is 1.42 bits per heavy atom. The first-order valence-corrected chi connectivity index (χ1v) is 8.29. The number of aryl methyl sites for hydroxylation is 2. The number of aromatic nitrogens is 4. The van der Waals surface area contributed by atoms with E-state index >= 15 is 0 Å². The zero-order valence-electron chi connectivity index (χ0n) is 14.0. The molecule has 24 heavy (non-hydrogen) atoms. The molecule has 0 saturated carbocycles. The van der Waals surface area contributed by atoms with E-state index in [0.29, 0.717) is 39.3 Å². The Labute approximate surface area is 141 Å². The highest BCUT2D eigenvalue weighted by Gasteiger charge is 2.23. The molecule has 7 heteroatoms. The molecule has 2 aromatic rings. The third-order valence-corrected chi connectivity index (χ3v) is 4.19. The molecule has 0 N–H and O–H groups in total. The Hall–Kier alpha value is -2.28. The van der Waals surface area contributed by atoms with E-state index in [1.165, 1.54) is 0 Å². The van der Waals surface area contributed by atoms with Crippen molar-refractivity contribution in [3.8, 4) is 0 Å². The summed E-state index contributed by atoms with van der Waals surface area (Å²) in [5.74, 6) is 0.428. The first-order chi connectivity index (χ1) is 11.7. The molecule has 3 rings (SSSR count). The van der Waals surface area contributed by atoms with Crippen molar-refractivity contribution in [1.29, 1.82) is 0 Å². The van der Waals surface area contributed by atoms with Crippen LogP contribution in [0.1, 0.15) is 17.8 Å². The molecule has 1 atom stereocenters. The fraction of sp³-hybridized carbons (Fsp3) is 0.529. The van der Waals surface area contributed by atoms with Crippen molar-refractivity contribution in [2.24, 2.45) is 5.92 Å². The Morgan fingerprint density at radius 2 is 2.33 bits per heavy atom. The lowest BCUT2D eigenvalue weighted by atomic mass is 10.0. The van der Waals surface area contributed by atoms with Crippen LogP contribution < -0.4 is 0 Å². The number of rotatable bonds is 5. The Kier molecular flexibility index (Phi) is 5.53.